The standard InChI is InChI=1S/C16H14AsClN2O2/c1-21-13-8-7-10(9-14(13)22-2)17-15-11-5-3-4-6-12(11)19-16(18)20-15/h3-9,17H,1-2H3. The zero-order valence-corrected chi connectivity index (χ0v) is 15.0. The van der Waals surface area contributed by atoms with E-state index in [1.807, 2.05) is 42.5 Å². The molecule has 1 aromatic heterocycles. The van der Waals surface area contributed by atoms with E-state index in [1.165, 1.54) is 4.35 Å². The number of nitrogens with zero attached hydrogens (tertiary/aromatic N) is 2. The molecule has 22 heavy (non-hydrogen) atoms. The molecule has 4 nitrogen and oxygen atoms in total. The summed E-state index contributed by atoms with van der Waals surface area (Å²) in [5, 5.41) is 1.35. The number of fused-ring (bicyclic) bond motifs is 1. The Labute approximate surface area is 140 Å². The van der Waals surface area contributed by atoms with Gasteiger partial charge in [0, 0.05) is 0 Å². The summed E-state index contributed by atoms with van der Waals surface area (Å²) in [5.74, 6) is 1.46. The summed E-state index contributed by atoms with van der Waals surface area (Å²) in [5.41, 5.74) is 0.877. The van der Waals surface area contributed by atoms with Crippen molar-refractivity contribution in [2.24, 2.45) is 0 Å². The van der Waals surface area contributed by atoms with Gasteiger partial charge in [-0.1, -0.05) is 0 Å². The first-order valence-electron chi connectivity index (χ1n) is 6.62. The summed E-state index contributed by atoms with van der Waals surface area (Å²) in [6.45, 7) is 0. The van der Waals surface area contributed by atoms with Gasteiger partial charge in [-0.2, -0.15) is 0 Å². The Morgan fingerprint density at radius 3 is 2.50 bits per heavy atom. The predicted octanol–water partition coefficient (Wildman–Crippen LogP) is 1.69. The van der Waals surface area contributed by atoms with Gasteiger partial charge in [0.25, 0.3) is 0 Å². The van der Waals surface area contributed by atoms with Gasteiger partial charge in [0.05, 0.1) is 0 Å². The molecule has 6 heteroatoms. The monoisotopic (exact) mass is 376 g/mol. The molecule has 0 spiro atoms. The summed E-state index contributed by atoms with van der Waals surface area (Å²) in [4.78, 5) is 8.70. The van der Waals surface area contributed by atoms with Crippen molar-refractivity contribution in [3.63, 3.8) is 0 Å². The molecule has 0 aliphatic carbocycles. The second kappa shape index (κ2) is 6.55. The maximum absolute atomic E-state index is 6.05. The molecule has 0 fully saturated rings. The summed E-state index contributed by atoms with van der Waals surface area (Å²) in [7, 11) is 3.27. The van der Waals surface area contributed by atoms with Crippen molar-refractivity contribution in [2.75, 3.05) is 14.2 Å². The summed E-state index contributed by atoms with van der Waals surface area (Å²) >= 11 is 5.39. The molecule has 112 valence electrons. The van der Waals surface area contributed by atoms with Gasteiger partial charge in [-0.25, -0.2) is 0 Å². The molecular formula is C16H14AsClN2O2. The molecule has 3 rings (SSSR count). The zero-order chi connectivity index (χ0) is 15.5. The quantitative estimate of drug-likeness (QED) is 0.513. The Bertz CT molecular complexity index is 826. The molecule has 3 aromatic rings. The number of hydrogen-bond donors (Lipinski definition) is 0. The van der Waals surface area contributed by atoms with E-state index in [1.54, 1.807) is 14.2 Å². The molecule has 0 saturated heterocycles. The first-order valence-corrected chi connectivity index (χ1v) is 9.10. The van der Waals surface area contributed by atoms with Crippen LogP contribution in [0.4, 0.5) is 0 Å². The molecule has 0 aliphatic rings. The van der Waals surface area contributed by atoms with Gasteiger partial charge in [0.2, 0.25) is 0 Å². The van der Waals surface area contributed by atoms with Crippen LogP contribution in [0.15, 0.2) is 42.5 Å². The number of rotatable bonds is 4. The fourth-order valence-corrected chi connectivity index (χ4v) is 4.93. The van der Waals surface area contributed by atoms with Crippen LogP contribution in [0, 0.1) is 0 Å². The predicted molar refractivity (Wildman–Crippen MR) is 90.5 cm³/mol. The van der Waals surface area contributed by atoms with Crippen molar-refractivity contribution in [3.05, 3.63) is 47.7 Å². The molecule has 0 amide bonds. The summed E-state index contributed by atoms with van der Waals surface area (Å²) < 4.78 is 12.8. The van der Waals surface area contributed by atoms with Gasteiger partial charge in [0.1, 0.15) is 0 Å². The van der Waals surface area contributed by atoms with Crippen LogP contribution in [-0.2, 0) is 0 Å². The maximum atomic E-state index is 6.05. The van der Waals surface area contributed by atoms with Crippen molar-refractivity contribution in [1.82, 2.24) is 9.97 Å². The van der Waals surface area contributed by atoms with Crippen LogP contribution in [0.1, 0.15) is 0 Å². The normalized spacial score (nSPS) is 11.2. The molecule has 1 atom stereocenters. The first-order chi connectivity index (χ1) is 10.7. The van der Waals surface area contributed by atoms with E-state index in [9.17, 15) is 0 Å². The minimum atomic E-state index is -0.658. The van der Waals surface area contributed by atoms with Crippen LogP contribution >= 0.6 is 11.6 Å². The Kier molecular flexibility index (Phi) is 4.51. The molecule has 0 radical (unpaired) electrons. The number of methoxy groups -OCH3 is 2. The van der Waals surface area contributed by atoms with Crippen LogP contribution in [0.3, 0.4) is 0 Å². The molecule has 1 heterocycles. The fraction of sp³-hybridized carbons (Fsp3) is 0.125. The third-order valence-corrected chi connectivity index (χ3v) is 5.95. The summed E-state index contributed by atoms with van der Waals surface area (Å²) in [6, 6.07) is 13.9. The number of aromatic nitrogens is 2. The molecule has 0 N–H and O–H groups in total. The molecule has 2 aromatic carbocycles. The van der Waals surface area contributed by atoms with Gasteiger partial charge >= 0.3 is 140 Å². The molecule has 1 unspecified atom stereocenters. The minimum absolute atomic E-state index is 0.290. The van der Waals surface area contributed by atoms with Crippen LogP contribution < -0.4 is 18.3 Å². The van der Waals surface area contributed by atoms with Gasteiger partial charge in [-0.3, -0.25) is 0 Å². The third-order valence-electron chi connectivity index (χ3n) is 3.22. The van der Waals surface area contributed by atoms with Crippen molar-refractivity contribution in [2.45, 2.75) is 0 Å². The van der Waals surface area contributed by atoms with Crippen molar-refractivity contribution < 1.29 is 9.47 Å². The van der Waals surface area contributed by atoms with E-state index in [4.69, 9.17) is 21.1 Å². The van der Waals surface area contributed by atoms with Crippen molar-refractivity contribution in [3.8, 4) is 11.5 Å². The van der Waals surface area contributed by atoms with E-state index in [-0.39, 0.29) is 5.28 Å². The fourth-order valence-electron chi connectivity index (χ4n) is 2.19. The second-order valence-corrected chi connectivity index (χ2v) is 7.62. The van der Waals surface area contributed by atoms with Gasteiger partial charge in [0.15, 0.2) is 0 Å². The topological polar surface area (TPSA) is 44.2 Å². The van der Waals surface area contributed by atoms with Gasteiger partial charge in [-0.15, -0.1) is 0 Å². The number of ether oxygens (including phenoxy) is 2. The van der Waals surface area contributed by atoms with Crippen LogP contribution in [0.5, 0.6) is 11.5 Å². The number of benzene rings is 2. The number of hydrogen-bond acceptors (Lipinski definition) is 4. The second-order valence-electron chi connectivity index (χ2n) is 4.55. The van der Waals surface area contributed by atoms with E-state index in [2.05, 4.69) is 9.97 Å². The molecular weight excluding hydrogens is 363 g/mol. The van der Waals surface area contributed by atoms with Crippen molar-refractivity contribution in [1.29, 1.82) is 0 Å². The van der Waals surface area contributed by atoms with E-state index < -0.39 is 15.8 Å². The number of halogens is 1. The molecule has 0 bridgehead atoms. The van der Waals surface area contributed by atoms with E-state index in [0.29, 0.717) is 0 Å². The SMILES string of the molecule is COc1ccc([AsH]c2nc(Cl)nc3ccccc23)cc1OC. The van der Waals surface area contributed by atoms with Gasteiger partial charge < -0.3 is 0 Å². The Morgan fingerprint density at radius 2 is 1.73 bits per heavy atom. The zero-order valence-electron chi connectivity index (χ0n) is 12.1. The molecule has 0 aliphatic heterocycles. The summed E-state index contributed by atoms with van der Waals surface area (Å²) in [6.07, 6.45) is 0. The van der Waals surface area contributed by atoms with E-state index in [0.717, 1.165) is 26.9 Å². The van der Waals surface area contributed by atoms with Crippen LogP contribution in [-0.4, -0.2) is 39.9 Å². The molecule has 0 saturated carbocycles. The Hall–Kier alpha value is -1.77. The van der Waals surface area contributed by atoms with Crippen LogP contribution in [0.25, 0.3) is 10.9 Å². The van der Waals surface area contributed by atoms with Gasteiger partial charge in [-0.05, 0) is 0 Å². The van der Waals surface area contributed by atoms with Crippen molar-refractivity contribution >= 4 is 47.1 Å². The van der Waals surface area contributed by atoms with E-state index >= 15 is 0 Å². The van der Waals surface area contributed by atoms with Crippen LogP contribution in [0.2, 0.25) is 5.28 Å². The average Bonchev–Trinajstić information content (AvgIpc) is 2.54. The third kappa shape index (κ3) is 3.03. The Morgan fingerprint density at radius 1 is 0.955 bits per heavy atom. The average molecular weight is 377 g/mol. The Balaban J connectivity index is 2.03. The number of para-hydroxylation sites is 1. The first kappa shape index (κ1) is 15.1.